The molecule has 458 valence electrons. The number of esters is 3. The Morgan fingerprint density at radius 3 is 0.864 bits per heavy atom. The molecule has 0 radical (unpaired) electrons. The SMILES string of the molecule is CC/C=C\C/C=C\C/C=C\C/C=C\C/C=C\CCCC(=O)OC(COC(=O)CC/C=C\C/C=C\C/C=C\C/C=C\CC)COC(=O)CCCCCCCCCCCCCCCCCCCC/C=C\C/C=C\C/C=C\CCCCCCC. The van der Waals surface area contributed by atoms with Crippen molar-refractivity contribution in [2.75, 3.05) is 13.2 Å². The van der Waals surface area contributed by atoms with Crippen LogP contribution in [0.1, 0.15) is 290 Å². The highest BCUT2D eigenvalue weighted by Crippen LogP contribution is 2.16. The zero-order valence-electron chi connectivity index (χ0n) is 52.5. The predicted molar refractivity (Wildman–Crippen MR) is 352 cm³/mol. The van der Waals surface area contributed by atoms with Crippen molar-refractivity contribution >= 4 is 17.9 Å². The zero-order chi connectivity index (χ0) is 58.5. The van der Waals surface area contributed by atoms with E-state index in [-0.39, 0.29) is 44.0 Å². The molecule has 0 aromatic heterocycles. The van der Waals surface area contributed by atoms with Crippen molar-refractivity contribution in [2.45, 2.75) is 297 Å². The molecule has 0 amide bonds. The van der Waals surface area contributed by atoms with Crippen LogP contribution in [0.25, 0.3) is 0 Å². The molecular formula is C75H122O6. The smallest absolute Gasteiger partial charge is 0.306 e. The van der Waals surface area contributed by atoms with Gasteiger partial charge in [-0.2, -0.15) is 0 Å². The van der Waals surface area contributed by atoms with E-state index in [9.17, 15) is 14.4 Å². The molecule has 0 bridgehead atoms. The van der Waals surface area contributed by atoms with Crippen LogP contribution < -0.4 is 0 Å². The Morgan fingerprint density at radius 2 is 0.519 bits per heavy atom. The van der Waals surface area contributed by atoms with Crippen molar-refractivity contribution < 1.29 is 28.6 Å². The molecule has 1 atom stereocenters. The summed E-state index contributed by atoms with van der Waals surface area (Å²) in [5, 5.41) is 0. The lowest BCUT2D eigenvalue weighted by Crippen LogP contribution is -2.30. The van der Waals surface area contributed by atoms with Crippen LogP contribution in [-0.2, 0) is 28.6 Å². The predicted octanol–water partition coefficient (Wildman–Crippen LogP) is 23.1. The Labute approximate surface area is 499 Å². The summed E-state index contributed by atoms with van der Waals surface area (Å²) in [6.07, 6.45) is 97.6. The van der Waals surface area contributed by atoms with E-state index in [0.29, 0.717) is 19.3 Å². The van der Waals surface area contributed by atoms with E-state index in [4.69, 9.17) is 14.2 Å². The van der Waals surface area contributed by atoms with Crippen molar-refractivity contribution in [2.24, 2.45) is 0 Å². The van der Waals surface area contributed by atoms with Gasteiger partial charge in [0, 0.05) is 19.3 Å². The summed E-state index contributed by atoms with van der Waals surface area (Å²) in [6, 6.07) is 0. The highest BCUT2D eigenvalue weighted by atomic mass is 16.6. The molecule has 6 nitrogen and oxygen atoms in total. The Morgan fingerprint density at radius 1 is 0.259 bits per heavy atom. The third kappa shape index (κ3) is 66.0. The minimum atomic E-state index is -0.842. The summed E-state index contributed by atoms with van der Waals surface area (Å²) < 4.78 is 16.8. The topological polar surface area (TPSA) is 78.9 Å². The lowest BCUT2D eigenvalue weighted by atomic mass is 10.0. The normalized spacial score (nSPS) is 13.1. The Kier molecular flexibility index (Phi) is 63.9. The van der Waals surface area contributed by atoms with E-state index >= 15 is 0 Å². The first-order valence-electron chi connectivity index (χ1n) is 33.3. The first-order chi connectivity index (χ1) is 40.0. The third-order valence-corrected chi connectivity index (χ3v) is 13.8. The molecule has 0 saturated heterocycles. The van der Waals surface area contributed by atoms with Crippen LogP contribution in [0.2, 0.25) is 0 Å². The number of ether oxygens (including phenoxy) is 3. The molecule has 0 aliphatic carbocycles. The van der Waals surface area contributed by atoms with Gasteiger partial charge in [-0.25, -0.2) is 0 Å². The van der Waals surface area contributed by atoms with Crippen LogP contribution in [0.5, 0.6) is 0 Å². The van der Waals surface area contributed by atoms with Gasteiger partial charge in [0.1, 0.15) is 13.2 Å². The van der Waals surface area contributed by atoms with Crippen LogP contribution >= 0.6 is 0 Å². The summed E-state index contributed by atoms with van der Waals surface area (Å²) in [5.74, 6) is -1.07. The lowest BCUT2D eigenvalue weighted by Gasteiger charge is -2.18. The molecule has 0 saturated carbocycles. The molecule has 0 fully saturated rings. The molecule has 0 spiro atoms. The number of carbonyl (C=O) groups excluding carboxylic acids is 3. The molecule has 81 heavy (non-hydrogen) atoms. The molecule has 0 heterocycles. The van der Waals surface area contributed by atoms with E-state index in [2.05, 4.69) is 154 Å². The van der Waals surface area contributed by atoms with Crippen molar-refractivity contribution in [1.29, 1.82) is 0 Å². The Hall–Kier alpha value is -4.71. The van der Waals surface area contributed by atoms with E-state index in [1.807, 2.05) is 12.2 Å². The summed E-state index contributed by atoms with van der Waals surface area (Å²) in [6.45, 7) is 6.29. The van der Waals surface area contributed by atoms with Gasteiger partial charge in [-0.1, -0.05) is 295 Å². The van der Waals surface area contributed by atoms with E-state index < -0.39 is 6.10 Å². The van der Waals surface area contributed by atoms with Crippen LogP contribution in [0, 0.1) is 0 Å². The standard InChI is InChI=1S/C75H122O6/c1-4-7-10-13-16-19-22-25-27-29-30-31-32-33-34-35-36-37-38-39-40-41-42-43-44-46-47-50-53-56-59-62-65-68-74(77)80-71-72(70-79-73(76)67-64-61-58-55-52-49-24-21-18-15-12-9-6-3)81-75(78)69-66-63-60-57-54-51-48-45-28-26-23-20-17-14-11-8-5-2/h8-9,11-12,17-18,20-22,25-26,28-30,32-33,48-49,51-52,57-58,60-61,72H,4-7,10,13-16,19,23-24,27,31,34-47,50,53-56,59,62-71H2,1-3H3/b11-8-,12-9-,20-17-,21-18-,25-22-,28-26-,30-29-,33-32-,51-48-,52-49-,60-57-,61-58-. The maximum Gasteiger partial charge on any atom is 0.306 e. The monoisotopic (exact) mass is 1120 g/mol. The summed E-state index contributed by atoms with van der Waals surface area (Å²) in [4.78, 5) is 38.2. The van der Waals surface area contributed by atoms with Gasteiger partial charge in [-0.3, -0.25) is 14.4 Å². The van der Waals surface area contributed by atoms with E-state index in [1.54, 1.807) is 0 Å². The number of carbonyl (C=O) groups is 3. The Bertz CT molecular complexity index is 1760. The molecule has 6 heteroatoms. The van der Waals surface area contributed by atoms with Crippen LogP contribution in [-0.4, -0.2) is 37.2 Å². The quantitative estimate of drug-likeness (QED) is 0.0261. The molecule has 0 aliphatic rings. The number of rotatable bonds is 59. The highest BCUT2D eigenvalue weighted by molar-refractivity contribution is 5.71. The van der Waals surface area contributed by atoms with Gasteiger partial charge < -0.3 is 14.2 Å². The maximum atomic E-state index is 12.9. The summed E-state index contributed by atoms with van der Waals surface area (Å²) in [5.41, 5.74) is 0. The minimum absolute atomic E-state index is 0.126. The number of unbranched alkanes of at least 4 members (excludes halogenated alkanes) is 24. The van der Waals surface area contributed by atoms with Crippen molar-refractivity contribution in [3.63, 3.8) is 0 Å². The molecule has 0 aliphatic heterocycles. The fraction of sp³-hybridized carbons (Fsp3) is 0.640. The van der Waals surface area contributed by atoms with Gasteiger partial charge >= 0.3 is 17.9 Å². The van der Waals surface area contributed by atoms with Gasteiger partial charge in [0.25, 0.3) is 0 Å². The minimum Gasteiger partial charge on any atom is -0.462 e. The molecule has 1 unspecified atom stereocenters. The number of hydrogen-bond donors (Lipinski definition) is 0. The summed E-state index contributed by atoms with van der Waals surface area (Å²) in [7, 11) is 0. The van der Waals surface area contributed by atoms with E-state index in [0.717, 1.165) is 96.3 Å². The van der Waals surface area contributed by atoms with Crippen molar-refractivity contribution in [1.82, 2.24) is 0 Å². The average molecular weight is 1120 g/mol. The molecular weight excluding hydrogens is 997 g/mol. The maximum absolute atomic E-state index is 12.9. The molecule has 0 N–H and O–H groups in total. The second-order valence-corrected chi connectivity index (χ2v) is 21.6. The highest BCUT2D eigenvalue weighted by Gasteiger charge is 2.19. The Balaban J connectivity index is 4.27. The van der Waals surface area contributed by atoms with Gasteiger partial charge in [0.15, 0.2) is 6.10 Å². The number of allylic oxidation sites excluding steroid dienone is 24. The fourth-order valence-electron chi connectivity index (χ4n) is 8.91. The van der Waals surface area contributed by atoms with Gasteiger partial charge in [0.05, 0.1) is 0 Å². The van der Waals surface area contributed by atoms with Gasteiger partial charge in [0.2, 0.25) is 0 Å². The van der Waals surface area contributed by atoms with Crippen molar-refractivity contribution in [3.05, 3.63) is 146 Å². The average Bonchev–Trinajstić information content (AvgIpc) is 3.46. The first kappa shape index (κ1) is 76.3. The second kappa shape index (κ2) is 67.8. The van der Waals surface area contributed by atoms with Crippen molar-refractivity contribution in [3.8, 4) is 0 Å². The summed E-state index contributed by atoms with van der Waals surface area (Å²) >= 11 is 0. The number of hydrogen-bond acceptors (Lipinski definition) is 6. The van der Waals surface area contributed by atoms with Gasteiger partial charge in [-0.05, 0) is 122 Å². The largest absolute Gasteiger partial charge is 0.462 e. The molecule has 0 aromatic carbocycles. The molecule has 0 rings (SSSR count). The second-order valence-electron chi connectivity index (χ2n) is 21.6. The lowest BCUT2D eigenvalue weighted by molar-refractivity contribution is -0.166. The molecule has 0 aromatic rings. The third-order valence-electron chi connectivity index (χ3n) is 13.8. The fourth-order valence-corrected chi connectivity index (χ4v) is 8.91. The van der Waals surface area contributed by atoms with Crippen LogP contribution in [0.15, 0.2) is 146 Å². The van der Waals surface area contributed by atoms with Crippen LogP contribution in [0.4, 0.5) is 0 Å². The zero-order valence-corrected chi connectivity index (χ0v) is 52.5. The van der Waals surface area contributed by atoms with E-state index in [1.165, 1.54) is 141 Å². The van der Waals surface area contributed by atoms with Crippen LogP contribution in [0.3, 0.4) is 0 Å². The van der Waals surface area contributed by atoms with Gasteiger partial charge in [-0.15, -0.1) is 0 Å². The first-order valence-corrected chi connectivity index (χ1v) is 33.3.